The zero-order chi connectivity index (χ0) is 12.8. The summed E-state index contributed by atoms with van der Waals surface area (Å²) in [5, 5.41) is 0. The third-order valence-corrected chi connectivity index (χ3v) is 4.58. The van der Waals surface area contributed by atoms with Crippen molar-refractivity contribution < 1.29 is 0 Å². The molecule has 96 valence electrons. The molecule has 1 saturated carbocycles. The molecule has 0 aliphatic heterocycles. The second kappa shape index (κ2) is 4.26. The number of aromatic nitrogens is 2. The molecule has 2 N–H and O–H groups in total. The maximum absolute atomic E-state index is 6.08. The Hall–Kier alpha value is -1.03. The summed E-state index contributed by atoms with van der Waals surface area (Å²) in [7, 11) is 0. The summed E-state index contributed by atoms with van der Waals surface area (Å²) < 4.78 is 3.22. The monoisotopic (exact) mass is 307 g/mol. The number of nitrogens with two attached hydrogens (primary N) is 1. The quantitative estimate of drug-likeness (QED) is 0.912. The number of imidazole rings is 1. The van der Waals surface area contributed by atoms with Gasteiger partial charge in [-0.05, 0) is 36.5 Å². The molecule has 1 aromatic carbocycles. The fraction of sp³-hybridized carbons (Fsp3) is 0.500. The average Bonchev–Trinajstić information content (AvgIpc) is 2.85. The van der Waals surface area contributed by atoms with Gasteiger partial charge < -0.3 is 10.3 Å². The summed E-state index contributed by atoms with van der Waals surface area (Å²) >= 11 is 3.47. The van der Waals surface area contributed by atoms with E-state index in [2.05, 4.69) is 44.5 Å². The van der Waals surface area contributed by atoms with Gasteiger partial charge in [-0.1, -0.05) is 35.7 Å². The molecular formula is C14H18BrN3. The standard InChI is InChI=1S/C14H18BrN3/c1-14(6-2-3-7-14)9-18-12-5-4-10(15)8-11(12)17-13(18)16/h4-5,8H,2-3,6-7,9H2,1H3,(H2,16,17). The van der Waals surface area contributed by atoms with E-state index >= 15 is 0 Å². The number of fused-ring (bicyclic) bond motifs is 1. The Bertz CT molecular complexity index is 582. The molecule has 0 amide bonds. The first-order valence-electron chi connectivity index (χ1n) is 6.49. The number of anilines is 1. The number of rotatable bonds is 2. The third-order valence-electron chi connectivity index (χ3n) is 4.09. The minimum absolute atomic E-state index is 0.384. The minimum Gasteiger partial charge on any atom is -0.369 e. The molecule has 3 rings (SSSR count). The molecule has 0 unspecified atom stereocenters. The zero-order valence-corrected chi connectivity index (χ0v) is 12.2. The smallest absolute Gasteiger partial charge is 0.201 e. The largest absolute Gasteiger partial charge is 0.369 e. The Labute approximate surface area is 116 Å². The molecule has 2 aromatic rings. The van der Waals surface area contributed by atoms with Crippen molar-refractivity contribution in [3.05, 3.63) is 22.7 Å². The van der Waals surface area contributed by atoms with Gasteiger partial charge in [0.2, 0.25) is 5.95 Å². The number of nitrogen functional groups attached to an aromatic ring is 1. The average molecular weight is 308 g/mol. The fourth-order valence-electron chi connectivity index (χ4n) is 3.06. The Morgan fingerprint density at radius 1 is 1.39 bits per heavy atom. The highest BCUT2D eigenvalue weighted by Crippen LogP contribution is 2.40. The van der Waals surface area contributed by atoms with Crippen LogP contribution in [0.4, 0.5) is 5.95 Å². The van der Waals surface area contributed by atoms with Crippen LogP contribution in [0.2, 0.25) is 0 Å². The van der Waals surface area contributed by atoms with Crippen LogP contribution in [0.15, 0.2) is 22.7 Å². The van der Waals surface area contributed by atoms with E-state index in [1.807, 2.05) is 6.07 Å². The minimum atomic E-state index is 0.384. The van der Waals surface area contributed by atoms with Gasteiger partial charge in [0.1, 0.15) is 0 Å². The molecule has 0 radical (unpaired) electrons. The molecule has 4 heteroatoms. The highest BCUT2D eigenvalue weighted by Gasteiger charge is 2.30. The predicted molar refractivity (Wildman–Crippen MR) is 78.4 cm³/mol. The summed E-state index contributed by atoms with van der Waals surface area (Å²) in [5.41, 5.74) is 8.58. The van der Waals surface area contributed by atoms with Gasteiger partial charge in [-0.3, -0.25) is 0 Å². The lowest BCUT2D eigenvalue weighted by Gasteiger charge is -2.24. The molecule has 1 aromatic heterocycles. The molecule has 3 nitrogen and oxygen atoms in total. The SMILES string of the molecule is CC1(Cn2c(N)nc3cc(Br)ccc32)CCCC1. The maximum atomic E-state index is 6.08. The highest BCUT2D eigenvalue weighted by atomic mass is 79.9. The van der Waals surface area contributed by atoms with Crippen molar-refractivity contribution in [3.63, 3.8) is 0 Å². The topological polar surface area (TPSA) is 43.8 Å². The molecule has 0 spiro atoms. The van der Waals surface area contributed by atoms with E-state index in [4.69, 9.17) is 5.73 Å². The van der Waals surface area contributed by atoms with E-state index in [0.29, 0.717) is 11.4 Å². The molecule has 1 aliphatic rings. The van der Waals surface area contributed by atoms with Gasteiger partial charge >= 0.3 is 0 Å². The first-order valence-corrected chi connectivity index (χ1v) is 7.28. The van der Waals surface area contributed by atoms with Crippen molar-refractivity contribution in [2.45, 2.75) is 39.2 Å². The summed E-state index contributed by atoms with van der Waals surface area (Å²) in [6.45, 7) is 3.35. The van der Waals surface area contributed by atoms with Crippen LogP contribution < -0.4 is 5.73 Å². The Morgan fingerprint density at radius 3 is 2.83 bits per heavy atom. The Kier molecular flexibility index (Phi) is 2.85. The van der Waals surface area contributed by atoms with Crippen molar-refractivity contribution in [2.24, 2.45) is 5.41 Å². The Balaban J connectivity index is 2.03. The van der Waals surface area contributed by atoms with Crippen LogP contribution in [0.25, 0.3) is 11.0 Å². The van der Waals surface area contributed by atoms with E-state index in [0.717, 1.165) is 22.1 Å². The van der Waals surface area contributed by atoms with Crippen molar-refractivity contribution in [1.29, 1.82) is 0 Å². The van der Waals surface area contributed by atoms with Crippen LogP contribution in [0, 0.1) is 5.41 Å². The number of halogens is 1. The summed E-state index contributed by atoms with van der Waals surface area (Å²) in [6.07, 6.45) is 5.27. The van der Waals surface area contributed by atoms with Crippen molar-refractivity contribution in [2.75, 3.05) is 5.73 Å². The zero-order valence-electron chi connectivity index (χ0n) is 10.6. The van der Waals surface area contributed by atoms with E-state index in [1.165, 1.54) is 25.7 Å². The Morgan fingerprint density at radius 2 is 2.11 bits per heavy atom. The van der Waals surface area contributed by atoms with Gasteiger partial charge in [-0.2, -0.15) is 0 Å². The molecule has 1 heterocycles. The third kappa shape index (κ3) is 2.03. The second-order valence-electron chi connectivity index (χ2n) is 5.71. The van der Waals surface area contributed by atoms with E-state index < -0.39 is 0 Å². The van der Waals surface area contributed by atoms with Gasteiger partial charge in [0.05, 0.1) is 11.0 Å². The van der Waals surface area contributed by atoms with Crippen molar-refractivity contribution in [1.82, 2.24) is 9.55 Å². The van der Waals surface area contributed by atoms with Crippen LogP contribution in [0.3, 0.4) is 0 Å². The van der Waals surface area contributed by atoms with Crippen LogP contribution >= 0.6 is 15.9 Å². The van der Waals surface area contributed by atoms with Crippen LogP contribution in [-0.4, -0.2) is 9.55 Å². The van der Waals surface area contributed by atoms with Gasteiger partial charge in [0.25, 0.3) is 0 Å². The molecule has 0 saturated heterocycles. The highest BCUT2D eigenvalue weighted by molar-refractivity contribution is 9.10. The molecule has 0 atom stereocenters. The molecular weight excluding hydrogens is 290 g/mol. The van der Waals surface area contributed by atoms with Gasteiger partial charge in [-0.15, -0.1) is 0 Å². The number of benzene rings is 1. The van der Waals surface area contributed by atoms with Crippen molar-refractivity contribution in [3.8, 4) is 0 Å². The number of hydrogen-bond donors (Lipinski definition) is 1. The maximum Gasteiger partial charge on any atom is 0.201 e. The van der Waals surface area contributed by atoms with E-state index in [9.17, 15) is 0 Å². The first kappa shape index (κ1) is 12.0. The summed E-state index contributed by atoms with van der Waals surface area (Å²) in [6, 6.07) is 6.18. The second-order valence-corrected chi connectivity index (χ2v) is 6.62. The molecule has 1 fully saturated rings. The van der Waals surface area contributed by atoms with Gasteiger partial charge in [0, 0.05) is 11.0 Å². The number of hydrogen-bond acceptors (Lipinski definition) is 2. The van der Waals surface area contributed by atoms with Gasteiger partial charge in [-0.25, -0.2) is 4.98 Å². The molecule has 18 heavy (non-hydrogen) atoms. The lowest BCUT2D eigenvalue weighted by molar-refractivity contribution is 0.287. The van der Waals surface area contributed by atoms with Gasteiger partial charge in [0.15, 0.2) is 0 Å². The molecule has 0 bridgehead atoms. The first-order chi connectivity index (χ1) is 8.57. The summed E-state index contributed by atoms with van der Waals surface area (Å²) in [4.78, 5) is 4.46. The number of nitrogens with zero attached hydrogens (tertiary/aromatic N) is 2. The van der Waals surface area contributed by atoms with Crippen LogP contribution in [0.5, 0.6) is 0 Å². The van der Waals surface area contributed by atoms with Crippen LogP contribution in [-0.2, 0) is 6.54 Å². The molecule has 1 aliphatic carbocycles. The lowest BCUT2D eigenvalue weighted by Crippen LogP contribution is -2.20. The fourth-order valence-corrected chi connectivity index (χ4v) is 3.41. The predicted octanol–water partition coefficient (Wildman–Crippen LogP) is 3.96. The van der Waals surface area contributed by atoms with E-state index in [-0.39, 0.29) is 0 Å². The normalized spacial score (nSPS) is 18.6. The van der Waals surface area contributed by atoms with Crippen LogP contribution in [0.1, 0.15) is 32.6 Å². The summed E-state index contributed by atoms with van der Waals surface area (Å²) in [5.74, 6) is 0.635. The lowest BCUT2D eigenvalue weighted by atomic mass is 9.89. The van der Waals surface area contributed by atoms with E-state index in [1.54, 1.807) is 0 Å². The van der Waals surface area contributed by atoms with Crippen molar-refractivity contribution >= 4 is 32.9 Å².